The van der Waals surface area contributed by atoms with E-state index in [2.05, 4.69) is 4.98 Å². The number of hydrogen-bond donors (Lipinski definition) is 2. The van der Waals surface area contributed by atoms with Gasteiger partial charge in [-0.05, 0) is 55.2 Å². The minimum atomic E-state index is -0.766. The highest BCUT2D eigenvalue weighted by Gasteiger charge is 2.44. The molecule has 0 amide bonds. The van der Waals surface area contributed by atoms with Crippen molar-refractivity contribution in [2.24, 2.45) is 0 Å². The van der Waals surface area contributed by atoms with Crippen molar-refractivity contribution in [1.82, 2.24) is 9.88 Å². The standard InChI is InChI=1S/C27H28F2N2O4/c1-2-35-24(33)8-7-16-11-21(28)25(22(29)12-16)27-26-20(19-5-3-4-6-23(19)30-26)13-18(14-32)31(27)17-9-10-34-15-17/h3-8,11-12,17-18,27,30,32H,2,9-10,13-15H2,1H3/b8-7+/t17?,18-,27+/m0/s1. The van der Waals surface area contributed by atoms with Gasteiger partial charge in [-0.2, -0.15) is 0 Å². The summed E-state index contributed by atoms with van der Waals surface area (Å²) in [5.41, 5.74) is 2.72. The average Bonchev–Trinajstić information content (AvgIpc) is 3.50. The third-order valence-electron chi connectivity index (χ3n) is 6.89. The minimum absolute atomic E-state index is 0.0844. The molecule has 3 aromatic rings. The molecule has 1 aromatic heterocycles. The smallest absolute Gasteiger partial charge is 0.330 e. The van der Waals surface area contributed by atoms with Crippen molar-refractivity contribution in [3.05, 3.63) is 76.5 Å². The molecular weight excluding hydrogens is 454 g/mol. The summed E-state index contributed by atoms with van der Waals surface area (Å²) >= 11 is 0. The second-order valence-electron chi connectivity index (χ2n) is 8.95. The molecule has 2 N–H and O–H groups in total. The Bertz CT molecular complexity index is 1240. The van der Waals surface area contributed by atoms with Crippen molar-refractivity contribution in [3.8, 4) is 0 Å². The lowest BCUT2D eigenvalue weighted by atomic mass is 9.86. The van der Waals surface area contributed by atoms with Crippen molar-refractivity contribution in [2.75, 3.05) is 26.4 Å². The molecule has 184 valence electrons. The summed E-state index contributed by atoms with van der Waals surface area (Å²) in [6.45, 7) is 2.76. The van der Waals surface area contributed by atoms with E-state index in [1.54, 1.807) is 6.92 Å². The third-order valence-corrected chi connectivity index (χ3v) is 6.89. The van der Waals surface area contributed by atoms with Crippen LogP contribution >= 0.6 is 0 Å². The fraction of sp³-hybridized carbons (Fsp3) is 0.370. The van der Waals surface area contributed by atoms with E-state index in [0.29, 0.717) is 26.1 Å². The Hall–Kier alpha value is -3.07. The molecule has 0 radical (unpaired) electrons. The number of carbonyl (C=O) groups excluding carboxylic acids is 1. The predicted molar refractivity (Wildman–Crippen MR) is 128 cm³/mol. The van der Waals surface area contributed by atoms with Gasteiger partial charge >= 0.3 is 5.97 Å². The number of hydrogen-bond acceptors (Lipinski definition) is 5. The highest BCUT2D eigenvalue weighted by molar-refractivity contribution is 5.87. The number of para-hydroxylation sites is 1. The van der Waals surface area contributed by atoms with Crippen molar-refractivity contribution in [1.29, 1.82) is 0 Å². The van der Waals surface area contributed by atoms with E-state index >= 15 is 8.78 Å². The van der Waals surface area contributed by atoms with E-state index in [-0.39, 0.29) is 36.4 Å². The molecule has 0 aliphatic carbocycles. The van der Waals surface area contributed by atoms with E-state index in [0.717, 1.165) is 28.2 Å². The van der Waals surface area contributed by atoms with E-state index in [9.17, 15) is 9.90 Å². The first-order valence-electron chi connectivity index (χ1n) is 11.9. The fourth-order valence-electron chi connectivity index (χ4n) is 5.41. The van der Waals surface area contributed by atoms with Gasteiger partial charge in [0.1, 0.15) is 11.6 Å². The van der Waals surface area contributed by atoms with Gasteiger partial charge < -0.3 is 19.6 Å². The molecule has 0 bridgehead atoms. The van der Waals surface area contributed by atoms with Crippen molar-refractivity contribution >= 4 is 22.9 Å². The molecule has 2 aliphatic rings. The highest BCUT2D eigenvalue weighted by Crippen LogP contribution is 2.44. The number of aliphatic hydroxyl groups is 1. The summed E-state index contributed by atoms with van der Waals surface area (Å²) in [6, 6.07) is 9.06. The van der Waals surface area contributed by atoms with Gasteiger partial charge in [0.2, 0.25) is 0 Å². The number of ether oxygens (including phenoxy) is 2. The number of H-pyrrole nitrogens is 1. The Kier molecular flexibility index (Phi) is 6.69. The number of aliphatic hydroxyl groups excluding tert-OH is 1. The average molecular weight is 483 g/mol. The second kappa shape index (κ2) is 9.89. The van der Waals surface area contributed by atoms with Gasteiger partial charge in [0.25, 0.3) is 0 Å². The Balaban J connectivity index is 1.64. The van der Waals surface area contributed by atoms with Gasteiger partial charge in [-0.1, -0.05) is 18.2 Å². The second-order valence-corrected chi connectivity index (χ2v) is 8.95. The van der Waals surface area contributed by atoms with Crippen LogP contribution in [-0.4, -0.2) is 59.5 Å². The van der Waals surface area contributed by atoms with Gasteiger partial charge in [-0.25, -0.2) is 13.6 Å². The normalized spacial score (nSPS) is 22.7. The molecule has 0 spiro atoms. The SMILES string of the molecule is CCOC(=O)/C=C/c1cc(F)c([C@@H]2c3[nH]c4ccccc4c3C[C@@H](CO)N2C2CCOC2)c(F)c1. The summed E-state index contributed by atoms with van der Waals surface area (Å²) in [4.78, 5) is 17.1. The van der Waals surface area contributed by atoms with Gasteiger partial charge in [-0.3, -0.25) is 4.90 Å². The van der Waals surface area contributed by atoms with Crippen LogP contribution in [0.15, 0.2) is 42.5 Å². The number of nitrogens with one attached hydrogen (secondary N) is 1. The molecule has 35 heavy (non-hydrogen) atoms. The van der Waals surface area contributed by atoms with Gasteiger partial charge in [0.05, 0.1) is 25.9 Å². The molecule has 1 saturated heterocycles. The molecule has 2 aromatic carbocycles. The molecule has 2 aliphatic heterocycles. The molecule has 5 rings (SSSR count). The minimum Gasteiger partial charge on any atom is -0.463 e. The largest absolute Gasteiger partial charge is 0.463 e. The maximum absolute atomic E-state index is 15.7. The maximum atomic E-state index is 15.7. The van der Waals surface area contributed by atoms with Crippen LogP contribution in [-0.2, 0) is 20.7 Å². The maximum Gasteiger partial charge on any atom is 0.330 e. The molecule has 8 heteroatoms. The number of rotatable bonds is 6. The lowest BCUT2D eigenvalue weighted by Gasteiger charge is -2.44. The molecule has 1 unspecified atom stereocenters. The third kappa shape index (κ3) is 4.37. The lowest BCUT2D eigenvalue weighted by molar-refractivity contribution is -0.137. The van der Waals surface area contributed by atoms with Crippen molar-refractivity contribution < 1.29 is 28.2 Å². The van der Waals surface area contributed by atoms with Gasteiger partial charge in [0.15, 0.2) is 0 Å². The number of fused-ring (bicyclic) bond motifs is 3. The van der Waals surface area contributed by atoms with E-state index in [1.807, 2.05) is 29.2 Å². The van der Waals surface area contributed by atoms with Crippen LogP contribution in [0.4, 0.5) is 8.78 Å². The van der Waals surface area contributed by atoms with Crippen LogP contribution < -0.4 is 0 Å². The Labute approximate surface area is 202 Å². The van der Waals surface area contributed by atoms with Crippen LogP contribution in [0.2, 0.25) is 0 Å². The van der Waals surface area contributed by atoms with Crippen LogP contribution in [0.25, 0.3) is 17.0 Å². The van der Waals surface area contributed by atoms with E-state index < -0.39 is 23.6 Å². The first kappa shape index (κ1) is 23.7. The first-order valence-corrected chi connectivity index (χ1v) is 11.9. The Morgan fingerprint density at radius 1 is 1.29 bits per heavy atom. The summed E-state index contributed by atoms with van der Waals surface area (Å²) in [5, 5.41) is 11.3. The molecule has 3 heterocycles. The Morgan fingerprint density at radius 3 is 2.74 bits per heavy atom. The summed E-state index contributed by atoms with van der Waals surface area (Å²) in [6.07, 6.45) is 3.76. The summed E-state index contributed by atoms with van der Waals surface area (Å²) in [5.74, 6) is -2.01. The van der Waals surface area contributed by atoms with Gasteiger partial charge in [0, 0.05) is 46.9 Å². The molecule has 3 atom stereocenters. The number of esters is 1. The number of aromatic nitrogens is 1. The predicted octanol–water partition coefficient (Wildman–Crippen LogP) is 4.12. The Morgan fingerprint density at radius 2 is 2.06 bits per heavy atom. The molecular formula is C27H28F2N2O4. The number of carbonyl (C=O) groups is 1. The fourth-order valence-corrected chi connectivity index (χ4v) is 5.41. The number of halogens is 2. The number of aromatic amines is 1. The topological polar surface area (TPSA) is 74.8 Å². The van der Waals surface area contributed by atoms with Crippen molar-refractivity contribution in [3.63, 3.8) is 0 Å². The molecule has 0 saturated carbocycles. The first-order chi connectivity index (χ1) is 17.0. The van der Waals surface area contributed by atoms with Crippen LogP contribution in [0, 0.1) is 11.6 Å². The quantitative estimate of drug-likeness (QED) is 0.409. The number of benzene rings is 2. The summed E-state index contributed by atoms with van der Waals surface area (Å²) < 4.78 is 41.8. The lowest BCUT2D eigenvalue weighted by Crippen LogP contribution is -2.52. The van der Waals surface area contributed by atoms with E-state index in [1.165, 1.54) is 18.2 Å². The molecule has 1 fully saturated rings. The van der Waals surface area contributed by atoms with Crippen molar-refractivity contribution in [2.45, 2.75) is 37.9 Å². The zero-order valence-corrected chi connectivity index (χ0v) is 19.5. The van der Waals surface area contributed by atoms with Gasteiger partial charge in [-0.15, -0.1) is 0 Å². The van der Waals surface area contributed by atoms with Crippen LogP contribution in [0.5, 0.6) is 0 Å². The summed E-state index contributed by atoms with van der Waals surface area (Å²) in [7, 11) is 0. The van der Waals surface area contributed by atoms with Crippen LogP contribution in [0.1, 0.15) is 41.8 Å². The zero-order chi connectivity index (χ0) is 24.5. The van der Waals surface area contributed by atoms with E-state index in [4.69, 9.17) is 9.47 Å². The zero-order valence-electron chi connectivity index (χ0n) is 19.5. The molecule has 6 nitrogen and oxygen atoms in total. The highest BCUT2D eigenvalue weighted by atomic mass is 19.1. The number of nitrogens with zero attached hydrogens (tertiary/aromatic N) is 1. The van der Waals surface area contributed by atoms with Crippen LogP contribution in [0.3, 0.4) is 0 Å². The monoisotopic (exact) mass is 482 g/mol.